The van der Waals surface area contributed by atoms with Crippen LogP contribution in [-0.4, -0.2) is 49.2 Å². The monoisotopic (exact) mass is 499 g/mol. The van der Waals surface area contributed by atoms with E-state index in [2.05, 4.69) is 5.32 Å². The summed E-state index contributed by atoms with van der Waals surface area (Å²) in [6.45, 7) is -0.717. The number of halogens is 2. The molecule has 1 aliphatic heterocycles. The van der Waals surface area contributed by atoms with Crippen molar-refractivity contribution in [3.63, 3.8) is 0 Å². The number of esters is 1. The first-order valence-corrected chi connectivity index (χ1v) is 11.6. The van der Waals surface area contributed by atoms with Gasteiger partial charge in [-0.25, -0.2) is 12.8 Å². The summed E-state index contributed by atoms with van der Waals surface area (Å²) in [7, 11) is -4.04. The van der Waals surface area contributed by atoms with Crippen molar-refractivity contribution < 1.29 is 32.1 Å². The van der Waals surface area contributed by atoms with Crippen LogP contribution in [0.4, 0.5) is 15.8 Å². The Hall–Kier alpha value is -3.09. The molecule has 0 aromatic heterocycles. The van der Waals surface area contributed by atoms with Crippen LogP contribution in [0.5, 0.6) is 0 Å². The normalized spacial score (nSPS) is 15.1. The maximum absolute atomic E-state index is 13.9. The van der Waals surface area contributed by atoms with Crippen molar-refractivity contribution in [2.24, 2.45) is 5.92 Å². The molecule has 0 aliphatic carbocycles. The maximum atomic E-state index is 13.9. The third-order valence-electron chi connectivity index (χ3n) is 5.02. The first-order valence-electron chi connectivity index (χ1n) is 9.74. The average molecular weight is 500 g/mol. The van der Waals surface area contributed by atoms with E-state index in [4.69, 9.17) is 16.3 Å². The van der Waals surface area contributed by atoms with Gasteiger partial charge in [-0.2, -0.15) is 4.31 Å². The Morgan fingerprint density at radius 3 is 2.52 bits per heavy atom. The fourth-order valence-electron chi connectivity index (χ4n) is 3.33. The highest BCUT2D eigenvalue weighted by Crippen LogP contribution is 2.28. The number of amides is 1. The largest absolute Gasteiger partial charge is 0.455 e. The van der Waals surface area contributed by atoms with Crippen molar-refractivity contribution in [1.82, 2.24) is 4.31 Å². The molecule has 0 saturated carbocycles. The van der Waals surface area contributed by atoms with Crippen molar-refractivity contribution >= 4 is 44.9 Å². The lowest BCUT2D eigenvalue weighted by Gasteiger charge is -2.30. The van der Waals surface area contributed by atoms with E-state index in [-0.39, 0.29) is 42.3 Å². The summed E-state index contributed by atoms with van der Waals surface area (Å²) in [5.41, 5.74) is -0.511. The summed E-state index contributed by atoms with van der Waals surface area (Å²) in [6.07, 6.45) is 0.266. The highest BCUT2D eigenvalue weighted by atomic mass is 35.5. The lowest BCUT2D eigenvalue weighted by Crippen LogP contribution is -2.41. The van der Waals surface area contributed by atoms with Gasteiger partial charge in [-0.3, -0.25) is 19.7 Å². The molecule has 10 nitrogen and oxygen atoms in total. The van der Waals surface area contributed by atoms with Crippen LogP contribution >= 0.6 is 11.6 Å². The molecule has 1 N–H and O–H groups in total. The van der Waals surface area contributed by atoms with E-state index in [0.717, 1.165) is 16.4 Å². The standard InChI is InChI=1S/C20H19ClFN3O7S/c21-14-5-6-17(25(28)29)16(11-14)23-19(26)12-32-20(27)13-7-9-24(10-8-13)33(30,31)18-4-2-1-3-15(18)22/h1-6,11,13H,7-10,12H2,(H,23,26). The van der Waals surface area contributed by atoms with E-state index in [9.17, 15) is 32.5 Å². The first-order chi connectivity index (χ1) is 15.6. The van der Waals surface area contributed by atoms with Gasteiger partial charge in [0.05, 0.1) is 10.8 Å². The molecule has 33 heavy (non-hydrogen) atoms. The van der Waals surface area contributed by atoms with Crippen LogP contribution in [0.3, 0.4) is 0 Å². The molecule has 0 spiro atoms. The summed E-state index contributed by atoms with van der Waals surface area (Å²) in [5.74, 6) is -3.00. The molecule has 2 aromatic carbocycles. The Balaban J connectivity index is 1.53. The van der Waals surface area contributed by atoms with Gasteiger partial charge in [0.25, 0.3) is 11.6 Å². The van der Waals surface area contributed by atoms with Gasteiger partial charge < -0.3 is 10.1 Å². The second-order valence-electron chi connectivity index (χ2n) is 7.18. The number of anilines is 1. The number of hydrogen-bond donors (Lipinski definition) is 1. The predicted molar refractivity (Wildman–Crippen MR) is 116 cm³/mol. The predicted octanol–water partition coefficient (Wildman–Crippen LogP) is 2.97. The SMILES string of the molecule is O=C(COC(=O)C1CCN(S(=O)(=O)c2ccccc2F)CC1)Nc1cc(Cl)ccc1[N+](=O)[O-]. The molecule has 13 heteroatoms. The number of nitrogens with zero attached hydrogens (tertiary/aromatic N) is 2. The van der Waals surface area contributed by atoms with Crippen LogP contribution in [0, 0.1) is 21.8 Å². The van der Waals surface area contributed by atoms with Crippen LogP contribution in [0.2, 0.25) is 5.02 Å². The Labute approximate surface area is 193 Å². The second kappa shape index (κ2) is 10.2. The van der Waals surface area contributed by atoms with Crippen LogP contribution in [0.1, 0.15) is 12.8 Å². The van der Waals surface area contributed by atoms with Crippen molar-refractivity contribution in [3.05, 3.63) is 63.4 Å². The summed E-state index contributed by atoms with van der Waals surface area (Å²) >= 11 is 5.80. The Kier molecular flexibility index (Phi) is 7.61. The average Bonchev–Trinajstić information content (AvgIpc) is 2.77. The van der Waals surface area contributed by atoms with Crippen LogP contribution < -0.4 is 5.32 Å². The number of benzene rings is 2. The molecule has 1 fully saturated rings. The van der Waals surface area contributed by atoms with E-state index in [0.29, 0.717) is 0 Å². The Morgan fingerprint density at radius 1 is 1.21 bits per heavy atom. The van der Waals surface area contributed by atoms with E-state index in [1.807, 2.05) is 0 Å². The number of hydrogen-bond acceptors (Lipinski definition) is 7. The minimum absolute atomic E-state index is 0.0165. The highest BCUT2D eigenvalue weighted by molar-refractivity contribution is 7.89. The van der Waals surface area contributed by atoms with Crippen LogP contribution in [-0.2, 0) is 24.3 Å². The van der Waals surface area contributed by atoms with Gasteiger partial charge in [-0.05, 0) is 37.1 Å². The molecule has 0 radical (unpaired) electrons. The molecule has 1 aliphatic rings. The third-order valence-corrected chi connectivity index (χ3v) is 7.18. The Bertz CT molecular complexity index is 1180. The van der Waals surface area contributed by atoms with Crippen molar-refractivity contribution in [2.75, 3.05) is 25.0 Å². The lowest BCUT2D eigenvalue weighted by molar-refractivity contribution is -0.383. The molecule has 176 valence electrons. The van der Waals surface area contributed by atoms with E-state index < -0.39 is 50.1 Å². The first kappa shape index (κ1) is 24.6. The molecule has 0 atom stereocenters. The van der Waals surface area contributed by atoms with Crippen molar-refractivity contribution in [3.8, 4) is 0 Å². The number of sulfonamides is 1. The molecular weight excluding hydrogens is 481 g/mol. The fourth-order valence-corrected chi connectivity index (χ4v) is 5.04. The van der Waals surface area contributed by atoms with Gasteiger partial charge in [-0.15, -0.1) is 0 Å². The van der Waals surface area contributed by atoms with Gasteiger partial charge in [0.15, 0.2) is 6.61 Å². The topological polar surface area (TPSA) is 136 Å². The molecule has 1 heterocycles. The minimum Gasteiger partial charge on any atom is -0.455 e. The van der Waals surface area contributed by atoms with Gasteiger partial charge in [-0.1, -0.05) is 23.7 Å². The number of nitro benzene ring substituents is 1. The number of piperidine rings is 1. The second-order valence-corrected chi connectivity index (χ2v) is 9.53. The lowest BCUT2D eigenvalue weighted by atomic mass is 9.98. The summed E-state index contributed by atoms with van der Waals surface area (Å²) < 4.78 is 45.3. The van der Waals surface area contributed by atoms with E-state index in [1.54, 1.807) is 0 Å². The molecule has 0 bridgehead atoms. The van der Waals surface area contributed by atoms with E-state index in [1.165, 1.54) is 30.3 Å². The van der Waals surface area contributed by atoms with Gasteiger partial charge in [0.1, 0.15) is 16.4 Å². The number of rotatable bonds is 7. The van der Waals surface area contributed by atoms with Crippen molar-refractivity contribution in [1.29, 1.82) is 0 Å². The zero-order valence-electron chi connectivity index (χ0n) is 17.1. The van der Waals surface area contributed by atoms with Crippen LogP contribution in [0.25, 0.3) is 0 Å². The molecule has 2 aromatic rings. The quantitative estimate of drug-likeness (QED) is 0.351. The summed E-state index contributed by atoms with van der Waals surface area (Å²) in [6, 6.07) is 8.67. The maximum Gasteiger partial charge on any atom is 0.309 e. The Morgan fingerprint density at radius 2 is 1.88 bits per heavy atom. The number of nitrogens with one attached hydrogen (secondary N) is 1. The fraction of sp³-hybridized carbons (Fsp3) is 0.300. The third kappa shape index (κ3) is 5.83. The van der Waals surface area contributed by atoms with Crippen LogP contribution in [0.15, 0.2) is 47.4 Å². The van der Waals surface area contributed by atoms with Crippen molar-refractivity contribution in [2.45, 2.75) is 17.7 Å². The smallest absolute Gasteiger partial charge is 0.309 e. The van der Waals surface area contributed by atoms with E-state index >= 15 is 0 Å². The molecule has 3 rings (SSSR count). The molecular formula is C20H19ClFN3O7S. The summed E-state index contributed by atoms with van der Waals surface area (Å²) in [5, 5.41) is 13.5. The van der Waals surface area contributed by atoms with Gasteiger partial charge >= 0.3 is 5.97 Å². The number of carbonyl (C=O) groups is 2. The summed E-state index contributed by atoms with van der Waals surface area (Å²) in [4.78, 5) is 34.3. The number of carbonyl (C=O) groups excluding carboxylic acids is 2. The molecule has 1 amide bonds. The number of ether oxygens (including phenoxy) is 1. The highest BCUT2D eigenvalue weighted by Gasteiger charge is 2.34. The van der Waals surface area contributed by atoms with Gasteiger partial charge in [0, 0.05) is 24.2 Å². The molecule has 1 saturated heterocycles. The minimum atomic E-state index is -4.04. The number of nitro groups is 1. The molecule has 0 unspecified atom stereocenters. The zero-order chi connectivity index (χ0) is 24.2. The zero-order valence-corrected chi connectivity index (χ0v) is 18.6. The van der Waals surface area contributed by atoms with Gasteiger partial charge in [0.2, 0.25) is 10.0 Å².